The van der Waals surface area contributed by atoms with Crippen LogP contribution in [-0.4, -0.2) is 19.8 Å². The van der Waals surface area contributed by atoms with Crippen LogP contribution in [0, 0.1) is 18.8 Å². The molecule has 7 heteroatoms. The molecule has 5 rings (SSSR count). The van der Waals surface area contributed by atoms with Gasteiger partial charge in [-0.05, 0) is 36.2 Å². The van der Waals surface area contributed by atoms with Crippen molar-refractivity contribution in [2.75, 3.05) is 0 Å². The summed E-state index contributed by atoms with van der Waals surface area (Å²) in [5.74, 6) is 3.42. The summed E-state index contributed by atoms with van der Waals surface area (Å²) in [6.07, 6.45) is 5.56. The van der Waals surface area contributed by atoms with E-state index in [1.54, 1.807) is 29.0 Å². The van der Waals surface area contributed by atoms with E-state index in [0.29, 0.717) is 28.9 Å². The molecule has 0 amide bonds. The van der Waals surface area contributed by atoms with Crippen molar-refractivity contribution in [1.29, 1.82) is 0 Å². The first kappa shape index (κ1) is 19.9. The molecule has 0 fully saturated rings. The SMILES string of the molecule is Cc1ccc2c(Cc3cccc(C(C)(F)F)c3)noc2c1C#Cc1cnn2cccnc12. The minimum absolute atomic E-state index is 0.0211. The summed E-state index contributed by atoms with van der Waals surface area (Å²) in [6, 6.07) is 12.1. The van der Waals surface area contributed by atoms with Crippen LogP contribution in [0.5, 0.6) is 0 Å². The minimum Gasteiger partial charge on any atom is -0.355 e. The maximum Gasteiger partial charge on any atom is 0.270 e. The normalized spacial score (nSPS) is 11.6. The summed E-state index contributed by atoms with van der Waals surface area (Å²) in [7, 11) is 0. The first-order valence-electron chi connectivity index (χ1n) is 10.1. The Kier molecular flexibility index (Phi) is 4.71. The van der Waals surface area contributed by atoms with Gasteiger partial charge < -0.3 is 4.52 Å². The van der Waals surface area contributed by atoms with Crippen LogP contribution >= 0.6 is 0 Å². The van der Waals surface area contributed by atoms with Crippen LogP contribution in [0.3, 0.4) is 0 Å². The average molecular weight is 428 g/mol. The molecule has 3 aromatic heterocycles. The molecule has 0 saturated carbocycles. The van der Waals surface area contributed by atoms with E-state index in [0.717, 1.165) is 29.0 Å². The van der Waals surface area contributed by atoms with Crippen molar-refractivity contribution in [2.24, 2.45) is 0 Å². The van der Waals surface area contributed by atoms with Gasteiger partial charge in [0.1, 0.15) is 0 Å². The lowest BCUT2D eigenvalue weighted by Gasteiger charge is -2.11. The van der Waals surface area contributed by atoms with E-state index in [4.69, 9.17) is 4.52 Å². The maximum absolute atomic E-state index is 13.7. The van der Waals surface area contributed by atoms with Gasteiger partial charge in [-0.15, -0.1) is 0 Å². The zero-order chi connectivity index (χ0) is 22.3. The number of nitrogens with zero attached hydrogens (tertiary/aromatic N) is 4. The van der Waals surface area contributed by atoms with E-state index in [9.17, 15) is 8.78 Å². The highest BCUT2D eigenvalue weighted by Gasteiger charge is 2.24. The van der Waals surface area contributed by atoms with Gasteiger partial charge in [0.05, 0.1) is 23.0 Å². The number of halogens is 2. The summed E-state index contributed by atoms with van der Waals surface area (Å²) < 4.78 is 34.7. The molecular formula is C25H18F2N4O. The Bertz CT molecular complexity index is 1520. The van der Waals surface area contributed by atoms with Gasteiger partial charge in [-0.25, -0.2) is 18.3 Å². The first-order chi connectivity index (χ1) is 15.4. The summed E-state index contributed by atoms with van der Waals surface area (Å²) in [5.41, 5.74) is 5.04. The standard InChI is InChI=1S/C25H18F2N4O/c1-16-7-9-21-22(14-17-5-3-6-19(13-17)25(2,26)27)30-32-23(21)20(16)10-8-18-15-29-31-12-4-11-28-24(18)31/h3-7,9,11-13,15H,14H2,1-2H3. The lowest BCUT2D eigenvalue weighted by molar-refractivity contribution is 0.0174. The van der Waals surface area contributed by atoms with Crippen molar-refractivity contribution < 1.29 is 13.3 Å². The van der Waals surface area contributed by atoms with Gasteiger partial charge in [0.25, 0.3) is 5.92 Å². The lowest BCUT2D eigenvalue weighted by atomic mass is 10.00. The van der Waals surface area contributed by atoms with Gasteiger partial charge >= 0.3 is 0 Å². The third-order valence-electron chi connectivity index (χ3n) is 5.33. The fraction of sp³-hybridized carbons (Fsp3) is 0.160. The number of hydrogen-bond donors (Lipinski definition) is 0. The predicted molar refractivity (Wildman–Crippen MR) is 117 cm³/mol. The lowest BCUT2D eigenvalue weighted by Crippen LogP contribution is -2.07. The molecule has 0 N–H and O–H groups in total. The summed E-state index contributed by atoms with van der Waals surface area (Å²) in [6.45, 7) is 2.84. The minimum atomic E-state index is -2.89. The van der Waals surface area contributed by atoms with E-state index >= 15 is 0 Å². The van der Waals surface area contributed by atoms with Crippen molar-refractivity contribution >= 4 is 16.6 Å². The van der Waals surface area contributed by atoms with Crippen LogP contribution in [0.2, 0.25) is 0 Å². The first-order valence-corrected chi connectivity index (χ1v) is 10.1. The van der Waals surface area contributed by atoms with E-state index in [1.165, 1.54) is 12.1 Å². The van der Waals surface area contributed by atoms with Crippen LogP contribution < -0.4 is 0 Å². The third kappa shape index (κ3) is 3.60. The fourth-order valence-corrected chi connectivity index (χ4v) is 3.63. The summed E-state index contributed by atoms with van der Waals surface area (Å²) >= 11 is 0. The Hall–Kier alpha value is -4.05. The highest BCUT2D eigenvalue weighted by Crippen LogP contribution is 2.30. The monoisotopic (exact) mass is 428 g/mol. The number of benzene rings is 2. The molecule has 0 spiro atoms. The number of hydrogen-bond acceptors (Lipinski definition) is 4. The molecule has 0 atom stereocenters. The van der Waals surface area contributed by atoms with Crippen molar-refractivity contribution in [3.05, 3.63) is 94.6 Å². The Labute approximate surface area is 182 Å². The number of fused-ring (bicyclic) bond motifs is 2. The Morgan fingerprint density at radius 1 is 1.12 bits per heavy atom. The second-order valence-corrected chi connectivity index (χ2v) is 7.73. The van der Waals surface area contributed by atoms with Gasteiger partial charge in [0, 0.05) is 36.7 Å². The molecule has 32 heavy (non-hydrogen) atoms. The van der Waals surface area contributed by atoms with Gasteiger partial charge in [0.15, 0.2) is 11.2 Å². The average Bonchev–Trinajstić information content (AvgIpc) is 3.37. The number of aryl methyl sites for hydroxylation is 1. The van der Waals surface area contributed by atoms with E-state index in [2.05, 4.69) is 27.1 Å². The quantitative estimate of drug-likeness (QED) is 0.367. The van der Waals surface area contributed by atoms with Gasteiger partial charge in [-0.2, -0.15) is 5.10 Å². The second kappa shape index (κ2) is 7.57. The van der Waals surface area contributed by atoms with Gasteiger partial charge in [-0.1, -0.05) is 41.3 Å². The van der Waals surface area contributed by atoms with Crippen molar-refractivity contribution in [2.45, 2.75) is 26.2 Å². The van der Waals surface area contributed by atoms with E-state index in [1.807, 2.05) is 31.3 Å². The zero-order valence-electron chi connectivity index (χ0n) is 17.4. The van der Waals surface area contributed by atoms with Crippen molar-refractivity contribution in [1.82, 2.24) is 19.8 Å². The topological polar surface area (TPSA) is 56.2 Å². The summed E-state index contributed by atoms with van der Waals surface area (Å²) in [4.78, 5) is 4.32. The fourth-order valence-electron chi connectivity index (χ4n) is 3.63. The Balaban J connectivity index is 1.53. The molecule has 0 aliphatic rings. The van der Waals surface area contributed by atoms with Crippen LogP contribution in [-0.2, 0) is 12.3 Å². The van der Waals surface area contributed by atoms with Crippen molar-refractivity contribution in [3.63, 3.8) is 0 Å². The molecule has 3 heterocycles. The number of alkyl halides is 2. The molecule has 0 aliphatic carbocycles. The van der Waals surface area contributed by atoms with E-state index in [-0.39, 0.29) is 5.56 Å². The third-order valence-corrected chi connectivity index (χ3v) is 5.33. The molecule has 5 nitrogen and oxygen atoms in total. The second-order valence-electron chi connectivity index (χ2n) is 7.73. The van der Waals surface area contributed by atoms with Crippen LogP contribution in [0.15, 0.2) is 65.6 Å². The molecule has 5 aromatic rings. The van der Waals surface area contributed by atoms with Crippen molar-refractivity contribution in [3.8, 4) is 11.8 Å². The largest absolute Gasteiger partial charge is 0.355 e. The molecule has 0 radical (unpaired) electrons. The molecule has 0 saturated heterocycles. The van der Waals surface area contributed by atoms with Crippen LogP contribution in [0.4, 0.5) is 8.78 Å². The summed E-state index contributed by atoms with van der Waals surface area (Å²) in [5, 5.41) is 9.29. The highest BCUT2D eigenvalue weighted by molar-refractivity contribution is 5.86. The van der Waals surface area contributed by atoms with Crippen LogP contribution in [0.25, 0.3) is 16.6 Å². The molecular weight excluding hydrogens is 410 g/mol. The zero-order valence-corrected chi connectivity index (χ0v) is 17.4. The Morgan fingerprint density at radius 3 is 2.84 bits per heavy atom. The molecule has 0 bridgehead atoms. The maximum atomic E-state index is 13.7. The van der Waals surface area contributed by atoms with Gasteiger partial charge in [0.2, 0.25) is 0 Å². The molecule has 2 aromatic carbocycles. The Morgan fingerprint density at radius 2 is 2.00 bits per heavy atom. The molecule has 0 unspecified atom stereocenters. The highest BCUT2D eigenvalue weighted by atomic mass is 19.3. The smallest absolute Gasteiger partial charge is 0.270 e. The number of aromatic nitrogens is 4. The van der Waals surface area contributed by atoms with E-state index < -0.39 is 5.92 Å². The predicted octanol–water partition coefficient (Wildman–Crippen LogP) is 5.28. The molecule has 158 valence electrons. The van der Waals surface area contributed by atoms with Crippen LogP contribution in [0.1, 0.15) is 40.4 Å². The number of rotatable bonds is 3. The van der Waals surface area contributed by atoms with Gasteiger partial charge in [-0.3, -0.25) is 0 Å². The molecule has 0 aliphatic heterocycles.